The predicted molar refractivity (Wildman–Crippen MR) is 54.5 cm³/mol. The van der Waals surface area contributed by atoms with Gasteiger partial charge in [0.25, 0.3) is 0 Å². The van der Waals surface area contributed by atoms with Gasteiger partial charge in [0.15, 0.2) is 0 Å². The van der Waals surface area contributed by atoms with Crippen LogP contribution in [0.4, 0.5) is 0 Å². The van der Waals surface area contributed by atoms with Crippen molar-refractivity contribution in [3.05, 3.63) is 35.7 Å². The Morgan fingerprint density at radius 2 is 2.33 bits per heavy atom. The van der Waals surface area contributed by atoms with Crippen LogP contribution in [0.1, 0.15) is 17.3 Å². The highest BCUT2D eigenvalue weighted by atomic mass is 16.4. The topological polar surface area (TPSA) is 80.6 Å². The molecule has 15 heavy (non-hydrogen) atoms. The van der Waals surface area contributed by atoms with Crippen LogP contribution < -0.4 is 5.73 Å². The van der Waals surface area contributed by atoms with Crippen molar-refractivity contribution in [3.8, 4) is 0 Å². The number of carboxylic acid groups (broad SMARTS) is 1. The first kappa shape index (κ1) is 9.67. The molecule has 2 rings (SSSR count). The number of nitrogens with two attached hydrogens (primary N) is 1. The van der Waals surface area contributed by atoms with Gasteiger partial charge >= 0.3 is 5.97 Å². The van der Waals surface area contributed by atoms with E-state index in [9.17, 15) is 4.79 Å². The molecule has 5 heteroatoms. The first-order valence-electron chi connectivity index (χ1n) is 4.53. The molecule has 0 amide bonds. The molecular weight excluding hydrogens is 194 g/mol. The Morgan fingerprint density at radius 1 is 1.60 bits per heavy atom. The van der Waals surface area contributed by atoms with E-state index in [2.05, 4.69) is 5.10 Å². The Morgan fingerprint density at radius 3 is 3.00 bits per heavy atom. The van der Waals surface area contributed by atoms with Gasteiger partial charge in [-0.25, -0.2) is 4.52 Å². The molecule has 0 spiro atoms. The summed E-state index contributed by atoms with van der Waals surface area (Å²) in [5.41, 5.74) is 7.56. The normalized spacial score (nSPS) is 12.9. The van der Waals surface area contributed by atoms with Crippen molar-refractivity contribution in [1.29, 1.82) is 0 Å². The summed E-state index contributed by atoms with van der Waals surface area (Å²) in [5.74, 6) is -1.04. The van der Waals surface area contributed by atoms with Crippen molar-refractivity contribution < 1.29 is 9.90 Å². The second-order valence-corrected chi connectivity index (χ2v) is 3.35. The summed E-state index contributed by atoms with van der Waals surface area (Å²) in [4.78, 5) is 10.8. The smallest absolute Gasteiger partial charge is 0.325 e. The van der Waals surface area contributed by atoms with Crippen LogP contribution in [-0.4, -0.2) is 20.7 Å². The third-order valence-corrected chi connectivity index (χ3v) is 2.34. The Labute approximate surface area is 86.1 Å². The van der Waals surface area contributed by atoms with Crippen molar-refractivity contribution in [2.45, 2.75) is 13.0 Å². The number of fused-ring (bicyclic) bond motifs is 1. The van der Waals surface area contributed by atoms with Gasteiger partial charge in [0, 0.05) is 11.8 Å². The molecule has 0 aromatic carbocycles. The van der Waals surface area contributed by atoms with Crippen molar-refractivity contribution in [2.24, 2.45) is 5.73 Å². The molecule has 0 aliphatic carbocycles. The molecular formula is C10H11N3O2. The van der Waals surface area contributed by atoms with Crippen molar-refractivity contribution >= 4 is 11.5 Å². The van der Waals surface area contributed by atoms with E-state index < -0.39 is 12.0 Å². The maximum atomic E-state index is 10.8. The molecule has 0 saturated carbocycles. The standard InChI is InChI=1S/C10H11N3O2/c1-6-8(9(11)10(14)15)7-4-2-3-5-13(7)12-6/h2-5,9H,11H2,1H3,(H,14,15). The van der Waals surface area contributed by atoms with Gasteiger partial charge < -0.3 is 10.8 Å². The predicted octanol–water partition coefficient (Wildman–Crippen LogP) is 0.727. The zero-order chi connectivity index (χ0) is 11.0. The maximum absolute atomic E-state index is 10.8. The summed E-state index contributed by atoms with van der Waals surface area (Å²) < 4.78 is 1.63. The molecule has 3 N–H and O–H groups in total. The number of aromatic nitrogens is 2. The number of carboxylic acids is 1. The number of aliphatic carboxylic acids is 1. The number of rotatable bonds is 2. The molecule has 78 valence electrons. The lowest BCUT2D eigenvalue weighted by molar-refractivity contribution is -0.138. The van der Waals surface area contributed by atoms with Crippen molar-refractivity contribution in [1.82, 2.24) is 9.61 Å². The number of hydrogen-bond donors (Lipinski definition) is 2. The number of carbonyl (C=O) groups is 1. The van der Waals surface area contributed by atoms with Crippen LogP contribution in [0.2, 0.25) is 0 Å². The molecule has 2 aromatic heterocycles. The van der Waals surface area contributed by atoms with Crippen LogP contribution >= 0.6 is 0 Å². The minimum Gasteiger partial charge on any atom is -0.480 e. The van der Waals surface area contributed by atoms with Gasteiger partial charge in [-0.15, -0.1) is 0 Å². The van der Waals surface area contributed by atoms with E-state index in [1.54, 1.807) is 23.7 Å². The zero-order valence-electron chi connectivity index (χ0n) is 8.21. The lowest BCUT2D eigenvalue weighted by Gasteiger charge is -2.05. The molecule has 0 aliphatic heterocycles. The SMILES string of the molecule is Cc1nn2ccccc2c1C(N)C(=O)O. The van der Waals surface area contributed by atoms with E-state index in [1.807, 2.05) is 12.1 Å². The van der Waals surface area contributed by atoms with Crippen LogP contribution in [0.15, 0.2) is 24.4 Å². The lowest BCUT2D eigenvalue weighted by atomic mass is 10.1. The van der Waals surface area contributed by atoms with Crippen molar-refractivity contribution in [3.63, 3.8) is 0 Å². The molecule has 0 bridgehead atoms. The quantitative estimate of drug-likeness (QED) is 0.757. The van der Waals surface area contributed by atoms with Crippen molar-refractivity contribution in [2.75, 3.05) is 0 Å². The van der Waals surface area contributed by atoms with Crippen LogP contribution in [0.5, 0.6) is 0 Å². The molecule has 5 nitrogen and oxygen atoms in total. The average molecular weight is 205 g/mol. The van der Waals surface area contributed by atoms with Crippen LogP contribution in [0.3, 0.4) is 0 Å². The highest BCUT2D eigenvalue weighted by Crippen LogP contribution is 2.21. The fourth-order valence-electron chi connectivity index (χ4n) is 1.64. The molecule has 0 fully saturated rings. The monoisotopic (exact) mass is 205 g/mol. The summed E-state index contributed by atoms with van der Waals surface area (Å²) in [6.45, 7) is 1.76. The third kappa shape index (κ3) is 1.46. The fraction of sp³-hybridized carbons (Fsp3) is 0.200. The van der Waals surface area contributed by atoms with Gasteiger partial charge in [0.1, 0.15) is 6.04 Å². The average Bonchev–Trinajstić information content (AvgIpc) is 2.52. The number of pyridine rings is 1. The summed E-state index contributed by atoms with van der Waals surface area (Å²) in [7, 11) is 0. The van der Waals surface area contributed by atoms with Gasteiger partial charge in [0.2, 0.25) is 0 Å². The molecule has 0 aliphatic rings. The molecule has 2 heterocycles. The van der Waals surface area contributed by atoms with Gasteiger partial charge in [-0.05, 0) is 19.1 Å². The van der Waals surface area contributed by atoms with E-state index in [4.69, 9.17) is 10.8 Å². The van der Waals surface area contributed by atoms with E-state index in [-0.39, 0.29) is 0 Å². The largest absolute Gasteiger partial charge is 0.480 e. The van der Waals surface area contributed by atoms with Crippen LogP contribution in [-0.2, 0) is 4.79 Å². The first-order valence-corrected chi connectivity index (χ1v) is 4.53. The van der Waals surface area contributed by atoms with E-state index >= 15 is 0 Å². The molecule has 2 aromatic rings. The van der Waals surface area contributed by atoms with Gasteiger partial charge in [-0.1, -0.05) is 6.07 Å². The maximum Gasteiger partial charge on any atom is 0.325 e. The Hall–Kier alpha value is -1.88. The summed E-state index contributed by atoms with van der Waals surface area (Å²) in [5, 5.41) is 13.1. The Kier molecular flexibility index (Phi) is 2.17. The molecule has 0 radical (unpaired) electrons. The second-order valence-electron chi connectivity index (χ2n) is 3.35. The van der Waals surface area contributed by atoms with Gasteiger partial charge in [-0.2, -0.15) is 5.10 Å². The van der Waals surface area contributed by atoms with Crippen LogP contribution in [0, 0.1) is 6.92 Å². The van der Waals surface area contributed by atoms with E-state index in [0.29, 0.717) is 11.3 Å². The van der Waals surface area contributed by atoms with Crippen LogP contribution in [0.25, 0.3) is 5.52 Å². The highest BCUT2D eigenvalue weighted by Gasteiger charge is 2.21. The molecule has 1 atom stereocenters. The second kappa shape index (κ2) is 3.36. The summed E-state index contributed by atoms with van der Waals surface area (Å²) in [6.07, 6.45) is 1.76. The zero-order valence-corrected chi connectivity index (χ0v) is 8.21. The number of nitrogens with zero attached hydrogens (tertiary/aromatic N) is 2. The number of aryl methyl sites for hydroxylation is 1. The number of hydrogen-bond acceptors (Lipinski definition) is 3. The Balaban J connectivity index is 2.68. The molecule has 1 unspecified atom stereocenters. The highest BCUT2D eigenvalue weighted by molar-refractivity contribution is 5.79. The fourth-order valence-corrected chi connectivity index (χ4v) is 1.64. The van der Waals surface area contributed by atoms with E-state index in [1.165, 1.54) is 0 Å². The lowest BCUT2D eigenvalue weighted by Crippen LogP contribution is -2.21. The van der Waals surface area contributed by atoms with Gasteiger partial charge in [0.05, 0.1) is 11.2 Å². The first-order chi connectivity index (χ1) is 7.11. The summed E-state index contributed by atoms with van der Waals surface area (Å²) in [6, 6.07) is 4.44. The van der Waals surface area contributed by atoms with E-state index in [0.717, 1.165) is 5.52 Å². The Bertz CT molecular complexity index is 518. The van der Waals surface area contributed by atoms with Gasteiger partial charge in [-0.3, -0.25) is 4.79 Å². The summed E-state index contributed by atoms with van der Waals surface area (Å²) >= 11 is 0. The minimum atomic E-state index is -1.04. The molecule has 0 saturated heterocycles. The minimum absolute atomic E-state index is 0.572. The third-order valence-electron chi connectivity index (χ3n) is 2.34.